The van der Waals surface area contributed by atoms with Crippen molar-refractivity contribution < 1.29 is 4.42 Å². The molecule has 0 radical (unpaired) electrons. The van der Waals surface area contributed by atoms with Crippen LogP contribution in [0.3, 0.4) is 0 Å². The van der Waals surface area contributed by atoms with Crippen LogP contribution < -0.4 is 11.4 Å². The van der Waals surface area contributed by atoms with E-state index in [0.717, 1.165) is 10.9 Å². The van der Waals surface area contributed by atoms with Gasteiger partial charge in [0.2, 0.25) is 0 Å². The van der Waals surface area contributed by atoms with Crippen LogP contribution in [0, 0.1) is 6.92 Å². The molecule has 0 bridgehead atoms. The van der Waals surface area contributed by atoms with E-state index >= 15 is 0 Å². The number of fused-ring (bicyclic) bond motifs is 1. The van der Waals surface area contributed by atoms with E-state index in [1.54, 1.807) is 0 Å². The second kappa shape index (κ2) is 4.72. The highest BCUT2D eigenvalue weighted by molar-refractivity contribution is 5.84. The normalized spacial score (nSPS) is 16.9. The summed E-state index contributed by atoms with van der Waals surface area (Å²) in [5.74, 6) is 0.612. The van der Waals surface area contributed by atoms with Gasteiger partial charge in [0, 0.05) is 5.39 Å². The van der Waals surface area contributed by atoms with Crippen LogP contribution in [0.1, 0.15) is 49.1 Å². The molecule has 1 aromatic carbocycles. The fourth-order valence-electron chi connectivity index (χ4n) is 3.08. The molecule has 3 heteroatoms. The Labute approximate surface area is 112 Å². The highest BCUT2D eigenvalue weighted by atomic mass is 16.4. The summed E-state index contributed by atoms with van der Waals surface area (Å²) in [6.07, 6.45) is 6.42. The number of anilines is 1. The van der Waals surface area contributed by atoms with E-state index in [9.17, 15) is 4.79 Å². The maximum Gasteiger partial charge on any atom is 0.359 e. The van der Waals surface area contributed by atoms with Gasteiger partial charge in [-0.1, -0.05) is 31.4 Å². The molecule has 0 aliphatic heterocycles. The molecule has 0 amide bonds. The van der Waals surface area contributed by atoms with Crippen molar-refractivity contribution in [3.8, 4) is 0 Å². The number of aryl methyl sites for hydroxylation is 1. The van der Waals surface area contributed by atoms with Crippen LogP contribution in [0.15, 0.2) is 27.4 Å². The molecule has 3 nitrogen and oxygen atoms in total. The van der Waals surface area contributed by atoms with Crippen LogP contribution in [0.5, 0.6) is 0 Å². The van der Waals surface area contributed by atoms with Crippen LogP contribution >= 0.6 is 0 Å². The van der Waals surface area contributed by atoms with Gasteiger partial charge in [-0.15, -0.1) is 0 Å². The number of hydrogen-bond acceptors (Lipinski definition) is 3. The minimum Gasteiger partial charge on any atom is -0.421 e. The summed E-state index contributed by atoms with van der Waals surface area (Å²) >= 11 is 0. The zero-order chi connectivity index (χ0) is 13.4. The third-order valence-corrected chi connectivity index (χ3v) is 4.31. The summed E-state index contributed by atoms with van der Waals surface area (Å²) in [5, 5.41) is 0.941. The Hall–Kier alpha value is -1.77. The predicted molar refractivity (Wildman–Crippen MR) is 77.5 cm³/mol. The van der Waals surface area contributed by atoms with Gasteiger partial charge in [-0.05, 0) is 42.9 Å². The Morgan fingerprint density at radius 1 is 1.21 bits per heavy atom. The molecule has 3 rings (SSSR count). The minimum atomic E-state index is -0.425. The van der Waals surface area contributed by atoms with Crippen molar-refractivity contribution in [1.82, 2.24) is 0 Å². The number of nitrogens with two attached hydrogens (primary N) is 1. The molecule has 1 heterocycles. The van der Waals surface area contributed by atoms with Gasteiger partial charge >= 0.3 is 5.63 Å². The summed E-state index contributed by atoms with van der Waals surface area (Å²) in [6, 6.07) is 6.22. The van der Waals surface area contributed by atoms with E-state index in [4.69, 9.17) is 10.2 Å². The second-order valence-electron chi connectivity index (χ2n) is 5.52. The number of benzene rings is 1. The van der Waals surface area contributed by atoms with Crippen LogP contribution in [0.25, 0.3) is 11.0 Å². The van der Waals surface area contributed by atoms with Crippen molar-refractivity contribution >= 4 is 16.7 Å². The van der Waals surface area contributed by atoms with Crippen LogP contribution in [0.4, 0.5) is 5.69 Å². The summed E-state index contributed by atoms with van der Waals surface area (Å²) in [5.41, 5.74) is 8.30. The molecule has 2 aromatic rings. The number of hydrogen-bond donors (Lipinski definition) is 1. The van der Waals surface area contributed by atoms with Crippen molar-refractivity contribution in [2.75, 3.05) is 5.73 Å². The Kier molecular flexibility index (Phi) is 3.05. The molecule has 1 saturated carbocycles. The van der Waals surface area contributed by atoms with E-state index in [1.165, 1.54) is 37.7 Å². The smallest absolute Gasteiger partial charge is 0.359 e. The molecule has 0 spiro atoms. The van der Waals surface area contributed by atoms with Crippen LogP contribution in [-0.2, 0) is 0 Å². The van der Waals surface area contributed by atoms with Crippen molar-refractivity contribution in [2.24, 2.45) is 0 Å². The molecule has 0 atom stereocenters. The van der Waals surface area contributed by atoms with Gasteiger partial charge in [0.25, 0.3) is 0 Å². The van der Waals surface area contributed by atoms with Crippen molar-refractivity contribution in [3.63, 3.8) is 0 Å². The first kappa shape index (κ1) is 12.3. The molecule has 2 N–H and O–H groups in total. The molecule has 0 unspecified atom stereocenters. The zero-order valence-corrected chi connectivity index (χ0v) is 11.2. The number of rotatable bonds is 1. The summed E-state index contributed by atoms with van der Waals surface area (Å²) < 4.78 is 5.32. The average Bonchev–Trinajstić information content (AvgIpc) is 2.45. The molecule has 19 heavy (non-hydrogen) atoms. The van der Waals surface area contributed by atoms with E-state index in [2.05, 4.69) is 6.07 Å². The molecular weight excluding hydrogens is 238 g/mol. The Bertz CT molecular complexity index is 666. The fourth-order valence-corrected chi connectivity index (χ4v) is 3.08. The Balaban J connectivity index is 2.10. The third kappa shape index (κ3) is 2.14. The van der Waals surface area contributed by atoms with Crippen LogP contribution in [0.2, 0.25) is 0 Å². The minimum absolute atomic E-state index is 0.220. The van der Waals surface area contributed by atoms with Gasteiger partial charge < -0.3 is 10.2 Å². The van der Waals surface area contributed by atoms with Gasteiger partial charge in [0.1, 0.15) is 11.3 Å². The lowest BCUT2D eigenvalue weighted by Crippen LogP contribution is -2.09. The van der Waals surface area contributed by atoms with E-state index in [-0.39, 0.29) is 5.69 Å². The topological polar surface area (TPSA) is 56.2 Å². The van der Waals surface area contributed by atoms with Crippen molar-refractivity contribution in [3.05, 3.63) is 39.7 Å². The first-order valence-electron chi connectivity index (χ1n) is 6.99. The molecule has 100 valence electrons. The highest BCUT2D eigenvalue weighted by Gasteiger charge is 2.17. The van der Waals surface area contributed by atoms with E-state index < -0.39 is 5.63 Å². The molecule has 0 saturated heterocycles. The predicted octanol–water partition coefficient (Wildman–Crippen LogP) is 3.73. The molecular formula is C16H19NO2. The van der Waals surface area contributed by atoms with Crippen LogP contribution in [-0.4, -0.2) is 0 Å². The SMILES string of the molecule is Cc1c(N)c(=O)oc2cc(C3CCCCC3)ccc12. The fraction of sp³-hybridized carbons (Fsp3) is 0.438. The first-order valence-corrected chi connectivity index (χ1v) is 6.99. The van der Waals surface area contributed by atoms with Crippen molar-refractivity contribution in [2.45, 2.75) is 44.9 Å². The van der Waals surface area contributed by atoms with Crippen molar-refractivity contribution in [1.29, 1.82) is 0 Å². The van der Waals surface area contributed by atoms with E-state index in [0.29, 0.717) is 11.5 Å². The lowest BCUT2D eigenvalue weighted by molar-refractivity contribution is 0.443. The van der Waals surface area contributed by atoms with E-state index in [1.807, 2.05) is 19.1 Å². The molecule has 1 aliphatic carbocycles. The standard InChI is InChI=1S/C16H19NO2/c1-10-13-8-7-12(11-5-3-2-4-6-11)9-14(13)19-16(18)15(10)17/h7-9,11H,2-6,17H2,1H3. The monoisotopic (exact) mass is 257 g/mol. The first-order chi connectivity index (χ1) is 9.16. The molecule has 1 fully saturated rings. The van der Waals surface area contributed by atoms with Gasteiger partial charge in [0.15, 0.2) is 0 Å². The summed E-state index contributed by atoms with van der Waals surface area (Å²) in [7, 11) is 0. The van der Waals surface area contributed by atoms with Gasteiger partial charge in [0.05, 0.1) is 0 Å². The lowest BCUT2D eigenvalue weighted by atomic mass is 9.84. The summed E-state index contributed by atoms with van der Waals surface area (Å²) in [4.78, 5) is 11.6. The van der Waals surface area contributed by atoms with Gasteiger partial charge in [-0.2, -0.15) is 0 Å². The third-order valence-electron chi connectivity index (χ3n) is 4.31. The maximum absolute atomic E-state index is 11.6. The molecule has 1 aliphatic rings. The maximum atomic E-state index is 11.6. The zero-order valence-electron chi connectivity index (χ0n) is 11.2. The van der Waals surface area contributed by atoms with Gasteiger partial charge in [-0.25, -0.2) is 4.79 Å². The average molecular weight is 257 g/mol. The number of nitrogen functional groups attached to an aromatic ring is 1. The lowest BCUT2D eigenvalue weighted by Gasteiger charge is -2.22. The Morgan fingerprint density at radius 2 is 1.95 bits per heavy atom. The summed E-state index contributed by atoms with van der Waals surface area (Å²) in [6.45, 7) is 1.87. The second-order valence-corrected chi connectivity index (χ2v) is 5.52. The quantitative estimate of drug-likeness (QED) is 0.792. The molecule has 1 aromatic heterocycles. The van der Waals surface area contributed by atoms with Gasteiger partial charge in [-0.3, -0.25) is 0 Å². The highest BCUT2D eigenvalue weighted by Crippen LogP contribution is 2.34. The largest absolute Gasteiger partial charge is 0.421 e. The Morgan fingerprint density at radius 3 is 2.68 bits per heavy atom.